The van der Waals surface area contributed by atoms with Crippen LogP contribution in [0.5, 0.6) is 0 Å². The summed E-state index contributed by atoms with van der Waals surface area (Å²) in [5.74, 6) is 0. The molecule has 2 fully saturated rings. The highest BCUT2D eigenvalue weighted by Crippen LogP contribution is 2.37. The van der Waals surface area contributed by atoms with Gasteiger partial charge in [-0.2, -0.15) is 0 Å². The first-order valence-corrected chi connectivity index (χ1v) is 7.66. The number of rotatable bonds is 3. The van der Waals surface area contributed by atoms with Crippen molar-refractivity contribution >= 4 is 0 Å². The van der Waals surface area contributed by atoms with Crippen LogP contribution in [0.3, 0.4) is 0 Å². The average molecular weight is 258 g/mol. The molecule has 1 aromatic carbocycles. The molecule has 2 aliphatic heterocycles. The third kappa shape index (κ3) is 2.56. The zero-order valence-electron chi connectivity index (χ0n) is 12.4. The monoisotopic (exact) mass is 258 g/mol. The van der Waals surface area contributed by atoms with E-state index >= 15 is 0 Å². The molecule has 1 aromatic rings. The fourth-order valence-electron chi connectivity index (χ4n) is 3.94. The molecule has 0 spiro atoms. The van der Waals surface area contributed by atoms with Crippen LogP contribution in [0.15, 0.2) is 18.2 Å². The van der Waals surface area contributed by atoms with Gasteiger partial charge >= 0.3 is 0 Å². The van der Waals surface area contributed by atoms with Crippen LogP contribution in [0.25, 0.3) is 0 Å². The van der Waals surface area contributed by atoms with Gasteiger partial charge in [0, 0.05) is 24.7 Å². The first-order chi connectivity index (χ1) is 9.17. The molecule has 2 unspecified atom stereocenters. The lowest BCUT2D eigenvalue weighted by Gasteiger charge is -2.39. The first kappa shape index (κ1) is 13.1. The van der Waals surface area contributed by atoms with Crippen LogP contribution < -0.4 is 5.32 Å². The molecule has 0 aliphatic carbocycles. The van der Waals surface area contributed by atoms with E-state index in [4.69, 9.17) is 0 Å². The van der Waals surface area contributed by atoms with Crippen molar-refractivity contribution in [2.45, 2.75) is 64.2 Å². The Hall–Kier alpha value is -0.860. The lowest BCUT2D eigenvalue weighted by molar-refractivity contribution is 0.111. The number of hydrogen-bond acceptors (Lipinski definition) is 2. The molecule has 2 saturated heterocycles. The maximum absolute atomic E-state index is 3.48. The van der Waals surface area contributed by atoms with Crippen molar-refractivity contribution in [3.8, 4) is 0 Å². The van der Waals surface area contributed by atoms with Crippen LogP contribution in [-0.4, -0.2) is 30.1 Å². The largest absolute Gasteiger partial charge is 0.317 e. The second-order valence-electron chi connectivity index (χ2n) is 6.44. The number of benzene rings is 1. The predicted octanol–water partition coefficient (Wildman–Crippen LogP) is 3.02. The van der Waals surface area contributed by atoms with Gasteiger partial charge in [-0.15, -0.1) is 0 Å². The Morgan fingerprint density at radius 3 is 2.47 bits per heavy atom. The maximum Gasteiger partial charge on any atom is 0.0242 e. The molecule has 1 N–H and O–H groups in total. The summed E-state index contributed by atoms with van der Waals surface area (Å²) >= 11 is 0. The van der Waals surface area contributed by atoms with Gasteiger partial charge in [-0.25, -0.2) is 0 Å². The van der Waals surface area contributed by atoms with Gasteiger partial charge in [0.25, 0.3) is 0 Å². The van der Waals surface area contributed by atoms with Gasteiger partial charge < -0.3 is 5.32 Å². The van der Waals surface area contributed by atoms with E-state index in [0.717, 1.165) is 24.7 Å². The third-order valence-electron chi connectivity index (χ3n) is 5.15. The summed E-state index contributed by atoms with van der Waals surface area (Å²) in [6.07, 6.45) is 5.46. The van der Waals surface area contributed by atoms with Crippen molar-refractivity contribution < 1.29 is 0 Å². The molecular formula is C17H26N2. The quantitative estimate of drug-likeness (QED) is 0.896. The van der Waals surface area contributed by atoms with Crippen molar-refractivity contribution in [3.05, 3.63) is 34.9 Å². The van der Waals surface area contributed by atoms with Crippen LogP contribution >= 0.6 is 0 Å². The van der Waals surface area contributed by atoms with Crippen molar-refractivity contribution in [3.63, 3.8) is 0 Å². The summed E-state index contributed by atoms with van der Waals surface area (Å²) in [5.41, 5.74) is 4.36. The average Bonchev–Trinajstić information content (AvgIpc) is 2.63. The number of nitrogens with zero attached hydrogens (tertiary/aromatic N) is 1. The van der Waals surface area contributed by atoms with Gasteiger partial charge in [-0.1, -0.05) is 23.8 Å². The highest BCUT2D eigenvalue weighted by molar-refractivity contribution is 5.30. The van der Waals surface area contributed by atoms with Gasteiger partial charge in [0.05, 0.1) is 0 Å². The highest BCUT2D eigenvalue weighted by atomic mass is 15.2. The second kappa shape index (κ2) is 5.26. The standard InChI is InChI=1S/C17H26N2/c1-12-4-5-13(2)14(8-12)11-19-16-6-7-17(19)10-15(9-16)18-3/h4-5,8,15-18H,6-7,9-11H2,1-3H3. The Morgan fingerprint density at radius 1 is 1.16 bits per heavy atom. The van der Waals surface area contributed by atoms with Crippen molar-refractivity contribution in [2.24, 2.45) is 0 Å². The van der Waals surface area contributed by atoms with E-state index < -0.39 is 0 Å². The SMILES string of the molecule is CNC1CC2CCC(C1)N2Cc1cc(C)ccc1C. The molecule has 104 valence electrons. The predicted molar refractivity (Wildman–Crippen MR) is 80.4 cm³/mol. The molecule has 19 heavy (non-hydrogen) atoms. The summed E-state index contributed by atoms with van der Waals surface area (Å²) in [4.78, 5) is 2.77. The molecule has 0 saturated carbocycles. The molecule has 0 amide bonds. The van der Waals surface area contributed by atoms with Crippen molar-refractivity contribution in [2.75, 3.05) is 7.05 Å². The number of hydrogen-bond donors (Lipinski definition) is 1. The Morgan fingerprint density at radius 2 is 1.84 bits per heavy atom. The minimum absolute atomic E-state index is 0.743. The Kier molecular flexibility index (Phi) is 3.64. The fourth-order valence-corrected chi connectivity index (χ4v) is 3.94. The first-order valence-electron chi connectivity index (χ1n) is 7.66. The number of piperidine rings is 1. The molecule has 2 nitrogen and oxygen atoms in total. The minimum atomic E-state index is 0.743. The summed E-state index contributed by atoms with van der Waals surface area (Å²) in [6, 6.07) is 9.21. The summed E-state index contributed by atoms with van der Waals surface area (Å²) < 4.78 is 0. The third-order valence-corrected chi connectivity index (χ3v) is 5.15. The van der Waals surface area contributed by atoms with Crippen LogP contribution in [0.4, 0.5) is 0 Å². The van der Waals surface area contributed by atoms with Gasteiger partial charge in [0.2, 0.25) is 0 Å². The number of nitrogens with one attached hydrogen (secondary N) is 1. The van der Waals surface area contributed by atoms with E-state index in [1.807, 2.05) is 0 Å². The molecule has 2 bridgehead atoms. The fraction of sp³-hybridized carbons (Fsp3) is 0.647. The van der Waals surface area contributed by atoms with Crippen LogP contribution in [0.1, 0.15) is 42.4 Å². The van der Waals surface area contributed by atoms with E-state index in [1.54, 1.807) is 0 Å². The normalized spacial score (nSPS) is 30.8. The Bertz CT molecular complexity index is 441. The van der Waals surface area contributed by atoms with Crippen LogP contribution in [0.2, 0.25) is 0 Å². The van der Waals surface area contributed by atoms with Crippen LogP contribution in [0, 0.1) is 13.8 Å². The molecular weight excluding hydrogens is 232 g/mol. The summed E-state index contributed by atoms with van der Waals surface area (Å²) in [7, 11) is 2.12. The topological polar surface area (TPSA) is 15.3 Å². The molecule has 0 aromatic heterocycles. The minimum Gasteiger partial charge on any atom is -0.317 e. The van der Waals surface area contributed by atoms with Crippen molar-refractivity contribution in [1.29, 1.82) is 0 Å². The summed E-state index contributed by atoms with van der Waals surface area (Å²) in [6.45, 7) is 5.60. The highest BCUT2D eigenvalue weighted by Gasteiger charge is 2.39. The lowest BCUT2D eigenvalue weighted by Crippen LogP contribution is -2.47. The molecule has 2 heteroatoms. The van der Waals surface area contributed by atoms with E-state index in [2.05, 4.69) is 49.3 Å². The second-order valence-corrected chi connectivity index (χ2v) is 6.44. The van der Waals surface area contributed by atoms with Crippen LogP contribution in [-0.2, 0) is 6.54 Å². The number of fused-ring (bicyclic) bond motifs is 2. The zero-order chi connectivity index (χ0) is 13.4. The smallest absolute Gasteiger partial charge is 0.0242 e. The van der Waals surface area contributed by atoms with E-state index in [1.165, 1.54) is 42.4 Å². The van der Waals surface area contributed by atoms with E-state index in [0.29, 0.717) is 0 Å². The Labute approximate surface area is 117 Å². The van der Waals surface area contributed by atoms with Gasteiger partial charge in [0.1, 0.15) is 0 Å². The number of aryl methyl sites for hydroxylation is 2. The lowest BCUT2D eigenvalue weighted by atomic mass is 9.96. The zero-order valence-corrected chi connectivity index (χ0v) is 12.4. The molecule has 2 heterocycles. The summed E-state index contributed by atoms with van der Waals surface area (Å²) in [5, 5.41) is 3.48. The molecule has 3 rings (SSSR count). The van der Waals surface area contributed by atoms with Gasteiger partial charge in [0.15, 0.2) is 0 Å². The van der Waals surface area contributed by atoms with E-state index in [9.17, 15) is 0 Å². The van der Waals surface area contributed by atoms with Crippen molar-refractivity contribution in [1.82, 2.24) is 10.2 Å². The van der Waals surface area contributed by atoms with Gasteiger partial charge in [-0.05, 0) is 57.7 Å². The molecule has 2 aliphatic rings. The maximum atomic E-state index is 3.48. The van der Waals surface area contributed by atoms with E-state index in [-0.39, 0.29) is 0 Å². The molecule has 2 atom stereocenters. The molecule has 0 radical (unpaired) electrons. The Balaban J connectivity index is 1.76. The van der Waals surface area contributed by atoms with Gasteiger partial charge in [-0.3, -0.25) is 4.90 Å².